The highest BCUT2D eigenvalue weighted by Gasteiger charge is 2.38. The van der Waals surface area contributed by atoms with Gasteiger partial charge in [-0.05, 0) is 67.9 Å². The lowest BCUT2D eigenvalue weighted by Crippen LogP contribution is -2.44. The van der Waals surface area contributed by atoms with Crippen molar-refractivity contribution in [3.05, 3.63) is 57.6 Å². The Morgan fingerprint density at radius 2 is 0.691 bits per heavy atom. The summed E-state index contributed by atoms with van der Waals surface area (Å²) in [7, 11) is 0. The minimum absolute atomic E-state index is 0.0110. The molecule has 0 aliphatic rings. The van der Waals surface area contributed by atoms with Crippen molar-refractivity contribution in [2.75, 3.05) is 26.4 Å². The number of phenols is 2. The second kappa shape index (κ2) is 18.7. The Hall–Kier alpha value is -4.08. The smallest absolute Gasteiger partial charge is 0.306 e. The first kappa shape index (κ1) is 47.1. The van der Waals surface area contributed by atoms with E-state index in [1.54, 1.807) is 13.8 Å². The van der Waals surface area contributed by atoms with Crippen LogP contribution in [-0.2, 0) is 72.6 Å². The van der Waals surface area contributed by atoms with Gasteiger partial charge >= 0.3 is 23.9 Å². The van der Waals surface area contributed by atoms with E-state index in [1.165, 1.54) is 0 Å². The second-order valence-electron chi connectivity index (χ2n) is 18.9. The summed E-state index contributed by atoms with van der Waals surface area (Å²) in [6.45, 7) is 26.2. The minimum atomic E-state index is -1.37. The first-order valence-electron chi connectivity index (χ1n) is 19.5. The maximum absolute atomic E-state index is 13.3. The van der Waals surface area contributed by atoms with Crippen molar-refractivity contribution in [3.8, 4) is 11.5 Å². The number of ether oxygens (including phenoxy) is 4. The number of hydrogen-bond donors (Lipinski definition) is 2. The Morgan fingerprint density at radius 1 is 0.455 bits per heavy atom. The lowest BCUT2D eigenvalue weighted by Gasteiger charge is -2.31. The van der Waals surface area contributed by atoms with E-state index in [0.717, 1.165) is 33.4 Å². The van der Waals surface area contributed by atoms with Crippen molar-refractivity contribution in [2.24, 2.45) is 5.41 Å². The quantitative estimate of drug-likeness (QED) is 0.126. The minimum Gasteiger partial charge on any atom is -0.507 e. The van der Waals surface area contributed by atoms with Crippen LogP contribution in [0.25, 0.3) is 0 Å². The molecule has 0 saturated heterocycles. The second-order valence-corrected chi connectivity index (χ2v) is 18.9. The monoisotopic (exact) mass is 768 g/mol. The third kappa shape index (κ3) is 14.2. The summed E-state index contributed by atoms with van der Waals surface area (Å²) in [6.07, 6.45) is 0.879. The average molecular weight is 769 g/mol. The number of rotatable bonds is 16. The van der Waals surface area contributed by atoms with Gasteiger partial charge in [0.15, 0.2) is 0 Å². The molecule has 10 heteroatoms. The van der Waals surface area contributed by atoms with E-state index in [4.69, 9.17) is 18.9 Å². The molecule has 0 aliphatic carbocycles. The fraction of sp³-hybridized carbons (Fsp3) is 0.644. The van der Waals surface area contributed by atoms with E-state index in [0.29, 0.717) is 12.8 Å². The number of carbonyl (C=O) groups is 4. The van der Waals surface area contributed by atoms with E-state index in [1.807, 2.05) is 107 Å². The Kier molecular flexibility index (Phi) is 16.0. The van der Waals surface area contributed by atoms with E-state index >= 15 is 0 Å². The highest BCUT2D eigenvalue weighted by atomic mass is 16.6. The van der Waals surface area contributed by atoms with Gasteiger partial charge in [0.2, 0.25) is 0 Å². The number of carbonyl (C=O) groups excluding carboxylic acids is 4. The molecule has 308 valence electrons. The molecule has 0 spiro atoms. The summed E-state index contributed by atoms with van der Waals surface area (Å²) in [6, 6.07) is 7.67. The van der Waals surface area contributed by atoms with Crippen LogP contribution in [0.15, 0.2) is 24.3 Å². The van der Waals surface area contributed by atoms with Crippen molar-refractivity contribution in [3.63, 3.8) is 0 Å². The third-order valence-electron chi connectivity index (χ3n) is 9.54. The number of esters is 4. The molecule has 0 bridgehead atoms. The van der Waals surface area contributed by atoms with Crippen molar-refractivity contribution < 1.29 is 48.3 Å². The largest absolute Gasteiger partial charge is 0.507 e. The molecule has 0 fully saturated rings. The van der Waals surface area contributed by atoms with Crippen molar-refractivity contribution >= 4 is 23.9 Å². The van der Waals surface area contributed by atoms with Crippen LogP contribution in [0.2, 0.25) is 0 Å². The van der Waals surface area contributed by atoms with Gasteiger partial charge in [0.1, 0.15) is 43.3 Å². The van der Waals surface area contributed by atoms with Gasteiger partial charge in [-0.15, -0.1) is 0 Å². The lowest BCUT2D eigenvalue weighted by atomic mass is 9.78. The Bertz CT molecular complexity index is 1460. The van der Waals surface area contributed by atoms with Crippen LogP contribution < -0.4 is 0 Å². The zero-order chi connectivity index (χ0) is 42.2. The number of aryl methyl sites for hydroxylation is 2. The van der Waals surface area contributed by atoms with Gasteiger partial charge in [-0.25, -0.2) is 0 Å². The number of phenolic OH excluding ortho intramolecular Hbond substituents is 2. The molecular weight excluding hydrogens is 700 g/mol. The molecule has 0 aromatic heterocycles. The number of hydrogen-bond acceptors (Lipinski definition) is 10. The summed E-state index contributed by atoms with van der Waals surface area (Å²) in [5, 5.41) is 22.2. The number of benzene rings is 2. The van der Waals surface area contributed by atoms with Crippen molar-refractivity contribution in [1.82, 2.24) is 0 Å². The summed E-state index contributed by atoms with van der Waals surface area (Å²) in [5.74, 6) is -1.62. The van der Waals surface area contributed by atoms with Crippen LogP contribution in [0.5, 0.6) is 11.5 Å². The SMILES string of the molecule is CCC(=O)OCC(COC(=O)CC)(COC(=O)CCc1cc(C(C)(C)C)c(O)c(C(C)(C)C)c1)COC(=O)CCc1cc(C(C)(C)C)c(O)c(C(C)(C)C)c1. The molecule has 0 aliphatic heterocycles. The molecule has 2 N–H and O–H groups in total. The fourth-order valence-corrected chi connectivity index (χ4v) is 5.99. The molecule has 0 saturated carbocycles. The normalized spacial score (nSPS) is 12.6. The predicted molar refractivity (Wildman–Crippen MR) is 215 cm³/mol. The zero-order valence-electron chi connectivity index (χ0n) is 36.0. The van der Waals surface area contributed by atoms with Crippen LogP contribution >= 0.6 is 0 Å². The lowest BCUT2D eigenvalue weighted by molar-refractivity contribution is -0.170. The van der Waals surface area contributed by atoms with E-state index in [-0.39, 0.29) is 85.3 Å². The van der Waals surface area contributed by atoms with Gasteiger partial charge in [0, 0.05) is 25.7 Å². The molecule has 2 aromatic carbocycles. The van der Waals surface area contributed by atoms with Gasteiger partial charge in [-0.1, -0.05) is 121 Å². The Balaban J connectivity index is 2.32. The van der Waals surface area contributed by atoms with Crippen LogP contribution in [0.1, 0.15) is 156 Å². The highest BCUT2D eigenvalue weighted by molar-refractivity contribution is 5.71. The molecule has 0 amide bonds. The van der Waals surface area contributed by atoms with Crippen LogP contribution in [0.3, 0.4) is 0 Å². The predicted octanol–water partition coefficient (Wildman–Crippen LogP) is 8.83. The molecular formula is C45H68O10. The van der Waals surface area contributed by atoms with Crippen LogP contribution in [0, 0.1) is 5.41 Å². The van der Waals surface area contributed by atoms with E-state index < -0.39 is 29.3 Å². The van der Waals surface area contributed by atoms with Crippen LogP contribution in [-0.4, -0.2) is 60.5 Å². The summed E-state index contributed by atoms with van der Waals surface area (Å²) < 4.78 is 22.5. The van der Waals surface area contributed by atoms with Gasteiger partial charge in [-0.2, -0.15) is 0 Å². The fourth-order valence-electron chi connectivity index (χ4n) is 5.99. The molecule has 0 heterocycles. The van der Waals surface area contributed by atoms with Gasteiger partial charge in [-0.3, -0.25) is 19.2 Å². The molecule has 10 nitrogen and oxygen atoms in total. The maximum atomic E-state index is 13.3. The van der Waals surface area contributed by atoms with Crippen LogP contribution in [0.4, 0.5) is 0 Å². The summed E-state index contributed by atoms with van der Waals surface area (Å²) in [5.41, 5.74) is 2.18. The summed E-state index contributed by atoms with van der Waals surface area (Å²) in [4.78, 5) is 51.2. The maximum Gasteiger partial charge on any atom is 0.306 e. The van der Waals surface area contributed by atoms with Gasteiger partial charge in [0.25, 0.3) is 0 Å². The average Bonchev–Trinajstić information content (AvgIpc) is 3.07. The Morgan fingerprint density at radius 3 is 0.909 bits per heavy atom. The van der Waals surface area contributed by atoms with Gasteiger partial charge < -0.3 is 29.2 Å². The standard InChI is InChI=1S/C45H68O10/c1-15-35(46)52-25-45(26-53-36(47)16-2,27-54-37(48)19-17-29-21-31(41(3,4)5)39(50)32(22-29)42(6,7)8)28-55-38(49)20-18-30-23-33(43(9,10)11)40(51)34(24-30)44(12,13)14/h21-24,50-51H,15-20,25-28H2,1-14H3. The van der Waals surface area contributed by atoms with Gasteiger partial charge in [0.05, 0.1) is 0 Å². The molecule has 2 rings (SSSR count). The Labute approximate surface area is 329 Å². The molecule has 0 unspecified atom stereocenters. The first-order chi connectivity index (χ1) is 25.1. The molecule has 0 atom stereocenters. The molecule has 2 aromatic rings. The van der Waals surface area contributed by atoms with E-state index in [2.05, 4.69) is 0 Å². The topological polar surface area (TPSA) is 146 Å². The molecule has 0 radical (unpaired) electrons. The highest BCUT2D eigenvalue weighted by Crippen LogP contribution is 2.41. The van der Waals surface area contributed by atoms with Crippen molar-refractivity contribution in [1.29, 1.82) is 0 Å². The number of aromatic hydroxyl groups is 2. The summed E-state index contributed by atoms with van der Waals surface area (Å²) >= 11 is 0. The molecule has 55 heavy (non-hydrogen) atoms. The third-order valence-corrected chi connectivity index (χ3v) is 9.54. The zero-order valence-corrected chi connectivity index (χ0v) is 36.0. The van der Waals surface area contributed by atoms with E-state index in [9.17, 15) is 29.4 Å². The first-order valence-corrected chi connectivity index (χ1v) is 19.5. The van der Waals surface area contributed by atoms with Crippen molar-refractivity contribution in [2.45, 2.75) is 157 Å².